The number of ether oxygens (including phenoxy) is 1. The van der Waals surface area contributed by atoms with E-state index in [4.69, 9.17) is 15.3 Å². The van der Waals surface area contributed by atoms with Crippen LogP contribution in [0.15, 0.2) is 18.2 Å². The Kier molecular flexibility index (Phi) is 3.66. The molecule has 1 heterocycles. The molecule has 19 heavy (non-hydrogen) atoms. The largest absolute Gasteiger partial charge is 0.528 e. The van der Waals surface area contributed by atoms with Gasteiger partial charge in [0.15, 0.2) is 0 Å². The molecular formula is C14H20N2O3. The number of carbonyl (C=O) groups is 1. The van der Waals surface area contributed by atoms with Crippen LogP contribution in [-0.4, -0.2) is 23.4 Å². The summed E-state index contributed by atoms with van der Waals surface area (Å²) in [5, 5.41) is 1.61. The zero-order valence-corrected chi connectivity index (χ0v) is 11.6. The lowest BCUT2D eigenvalue weighted by atomic mass is 10.0. The van der Waals surface area contributed by atoms with Crippen molar-refractivity contribution in [2.45, 2.75) is 39.3 Å². The van der Waals surface area contributed by atoms with Crippen molar-refractivity contribution >= 4 is 11.8 Å². The second-order valence-electron chi connectivity index (χ2n) is 5.70. The minimum Gasteiger partial charge on any atom is -0.427 e. The van der Waals surface area contributed by atoms with E-state index in [1.807, 2.05) is 18.2 Å². The molecule has 0 aliphatic carbocycles. The number of nitrogens with two attached hydrogens (primary N) is 1. The van der Waals surface area contributed by atoms with Gasteiger partial charge in [-0.1, -0.05) is 6.07 Å². The van der Waals surface area contributed by atoms with Crippen molar-refractivity contribution in [2.75, 3.05) is 12.3 Å². The zero-order valence-electron chi connectivity index (χ0n) is 11.6. The van der Waals surface area contributed by atoms with Gasteiger partial charge in [0, 0.05) is 12.2 Å². The summed E-state index contributed by atoms with van der Waals surface area (Å²) >= 11 is 0. The van der Waals surface area contributed by atoms with Crippen LogP contribution in [0.25, 0.3) is 0 Å². The summed E-state index contributed by atoms with van der Waals surface area (Å²) in [6, 6.07) is 5.83. The maximum absolute atomic E-state index is 11.6. The Morgan fingerprint density at radius 3 is 2.74 bits per heavy atom. The number of rotatable bonds is 1. The van der Waals surface area contributed by atoms with E-state index in [1.165, 1.54) is 5.56 Å². The van der Waals surface area contributed by atoms with Gasteiger partial charge in [0.1, 0.15) is 5.60 Å². The third-order valence-electron chi connectivity index (χ3n) is 2.80. The normalized spacial score (nSPS) is 15.7. The minimum atomic E-state index is -0.667. The maximum Gasteiger partial charge on any atom is 0.528 e. The van der Waals surface area contributed by atoms with Gasteiger partial charge in [-0.15, -0.1) is 5.06 Å². The van der Waals surface area contributed by atoms with Gasteiger partial charge in [-0.2, -0.15) is 0 Å². The van der Waals surface area contributed by atoms with Crippen LogP contribution in [0, 0.1) is 0 Å². The molecule has 0 aromatic heterocycles. The number of nitrogen functional groups attached to an aromatic ring is 1. The first kappa shape index (κ1) is 13.7. The number of fused-ring (bicyclic) bond motifs is 1. The van der Waals surface area contributed by atoms with E-state index < -0.39 is 11.8 Å². The summed E-state index contributed by atoms with van der Waals surface area (Å²) in [7, 11) is 0. The van der Waals surface area contributed by atoms with Gasteiger partial charge >= 0.3 is 6.16 Å². The zero-order chi connectivity index (χ0) is 14.0. The van der Waals surface area contributed by atoms with Gasteiger partial charge in [0.25, 0.3) is 0 Å². The standard InChI is InChI=1S/C14H20N2O3/c1-14(2,3)18-13(17)19-16-7-6-10-4-5-12(15)8-11(10)9-16/h4-5,8H,6-7,9,15H2,1-3H3. The van der Waals surface area contributed by atoms with Crippen molar-refractivity contribution in [3.8, 4) is 0 Å². The van der Waals surface area contributed by atoms with Crippen molar-refractivity contribution in [1.82, 2.24) is 5.06 Å². The molecule has 1 aliphatic heterocycles. The Hall–Kier alpha value is -1.75. The SMILES string of the molecule is CC(C)(C)OC(=O)ON1CCc2ccc(N)cc2C1. The average molecular weight is 264 g/mol. The summed E-state index contributed by atoms with van der Waals surface area (Å²) < 4.78 is 5.12. The highest BCUT2D eigenvalue weighted by molar-refractivity contribution is 5.60. The molecule has 0 fully saturated rings. The Morgan fingerprint density at radius 2 is 2.05 bits per heavy atom. The monoisotopic (exact) mass is 264 g/mol. The molecule has 2 rings (SSSR count). The van der Waals surface area contributed by atoms with Crippen LogP contribution in [0.2, 0.25) is 0 Å². The highest BCUT2D eigenvalue weighted by Gasteiger charge is 2.23. The van der Waals surface area contributed by atoms with Crippen LogP contribution >= 0.6 is 0 Å². The lowest BCUT2D eigenvalue weighted by Crippen LogP contribution is -2.35. The summed E-state index contributed by atoms with van der Waals surface area (Å²) in [6.45, 7) is 6.62. The van der Waals surface area contributed by atoms with Crippen LogP contribution in [0.3, 0.4) is 0 Å². The van der Waals surface area contributed by atoms with E-state index in [1.54, 1.807) is 25.8 Å². The van der Waals surface area contributed by atoms with Gasteiger partial charge in [0.2, 0.25) is 0 Å². The molecule has 0 bridgehead atoms. The molecule has 0 atom stereocenters. The molecule has 0 spiro atoms. The minimum absolute atomic E-state index is 0.541. The Morgan fingerprint density at radius 1 is 1.32 bits per heavy atom. The summed E-state index contributed by atoms with van der Waals surface area (Å²) in [5.74, 6) is 0. The van der Waals surface area contributed by atoms with Crippen LogP contribution in [0.4, 0.5) is 10.5 Å². The second-order valence-corrected chi connectivity index (χ2v) is 5.70. The van der Waals surface area contributed by atoms with Gasteiger partial charge in [-0.25, -0.2) is 4.79 Å². The van der Waals surface area contributed by atoms with Gasteiger partial charge < -0.3 is 15.3 Å². The first-order valence-corrected chi connectivity index (χ1v) is 6.37. The Balaban J connectivity index is 1.96. The Bertz CT molecular complexity index is 480. The van der Waals surface area contributed by atoms with Crippen molar-refractivity contribution in [3.63, 3.8) is 0 Å². The molecule has 0 unspecified atom stereocenters. The van der Waals surface area contributed by atoms with Crippen molar-refractivity contribution in [2.24, 2.45) is 0 Å². The molecule has 104 valence electrons. The highest BCUT2D eigenvalue weighted by atomic mass is 16.8. The third-order valence-corrected chi connectivity index (χ3v) is 2.80. The summed E-state index contributed by atoms with van der Waals surface area (Å²) in [4.78, 5) is 16.8. The smallest absolute Gasteiger partial charge is 0.427 e. The summed E-state index contributed by atoms with van der Waals surface area (Å²) in [6.07, 6.45) is 0.165. The maximum atomic E-state index is 11.6. The molecule has 2 N–H and O–H groups in total. The van der Waals surface area contributed by atoms with Gasteiger partial charge in [0.05, 0.1) is 6.54 Å². The molecule has 0 saturated heterocycles. The van der Waals surface area contributed by atoms with E-state index in [0.29, 0.717) is 13.1 Å². The lowest BCUT2D eigenvalue weighted by molar-refractivity contribution is -0.151. The lowest BCUT2D eigenvalue weighted by Gasteiger charge is -2.28. The summed E-state index contributed by atoms with van der Waals surface area (Å²) in [5.41, 5.74) is 8.28. The second kappa shape index (κ2) is 5.09. The predicted molar refractivity (Wildman–Crippen MR) is 72.3 cm³/mol. The molecule has 1 aliphatic rings. The number of anilines is 1. The van der Waals surface area contributed by atoms with Gasteiger partial charge in [-0.3, -0.25) is 0 Å². The number of hydroxylamine groups is 2. The molecule has 0 amide bonds. The quantitative estimate of drug-likeness (QED) is 0.623. The van der Waals surface area contributed by atoms with E-state index >= 15 is 0 Å². The Labute approximate surface area is 113 Å². The van der Waals surface area contributed by atoms with E-state index in [-0.39, 0.29) is 0 Å². The van der Waals surface area contributed by atoms with Crippen LogP contribution in [0.1, 0.15) is 31.9 Å². The number of benzene rings is 1. The van der Waals surface area contributed by atoms with Crippen LogP contribution in [0.5, 0.6) is 0 Å². The fourth-order valence-corrected chi connectivity index (χ4v) is 2.00. The topological polar surface area (TPSA) is 64.8 Å². The van der Waals surface area contributed by atoms with Crippen LogP contribution in [-0.2, 0) is 22.5 Å². The molecule has 1 aromatic rings. The number of hydrogen-bond donors (Lipinski definition) is 1. The van der Waals surface area contributed by atoms with E-state index in [0.717, 1.165) is 17.7 Å². The first-order valence-electron chi connectivity index (χ1n) is 6.37. The van der Waals surface area contributed by atoms with E-state index in [2.05, 4.69) is 0 Å². The molecule has 0 saturated carbocycles. The first-order chi connectivity index (χ1) is 8.83. The molecule has 0 radical (unpaired) electrons. The van der Waals surface area contributed by atoms with Crippen molar-refractivity contribution < 1.29 is 14.4 Å². The fourth-order valence-electron chi connectivity index (χ4n) is 2.00. The number of carbonyl (C=O) groups excluding carboxylic acids is 1. The molecular weight excluding hydrogens is 244 g/mol. The number of hydrogen-bond acceptors (Lipinski definition) is 5. The van der Waals surface area contributed by atoms with Crippen molar-refractivity contribution in [1.29, 1.82) is 0 Å². The number of nitrogens with zero attached hydrogens (tertiary/aromatic N) is 1. The predicted octanol–water partition coefficient (Wildman–Crippen LogP) is 2.49. The fraction of sp³-hybridized carbons (Fsp3) is 0.500. The van der Waals surface area contributed by atoms with E-state index in [9.17, 15) is 4.79 Å². The molecule has 5 heteroatoms. The molecule has 1 aromatic carbocycles. The molecule has 5 nitrogen and oxygen atoms in total. The highest BCUT2D eigenvalue weighted by Crippen LogP contribution is 2.22. The van der Waals surface area contributed by atoms with Crippen molar-refractivity contribution in [3.05, 3.63) is 29.3 Å². The third kappa shape index (κ3) is 3.86. The van der Waals surface area contributed by atoms with Gasteiger partial charge in [-0.05, 0) is 50.5 Å². The van der Waals surface area contributed by atoms with Crippen LogP contribution < -0.4 is 5.73 Å². The average Bonchev–Trinajstić information content (AvgIpc) is 2.25.